The molecule has 5 rings (SSSR count). The largest absolute Gasteiger partial charge is 0.466 e. The van der Waals surface area contributed by atoms with Gasteiger partial charge in [0.15, 0.2) is 0 Å². The second-order valence-corrected chi connectivity index (χ2v) is 13.1. The summed E-state index contributed by atoms with van der Waals surface area (Å²) < 4.78 is 101. The third-order valence-electron chi connectivity index (χ3n) is 9.61. The quantitative estimate of drug-likeness (QED) is 0.185. The van der Waals surface area contributed by atoms with Gasteiger partial charge in [-0.1, -0.05) is 12.1 Å². The first-order valence-electron chi connectivity index (χ1n) is 15.5. The number of carbonyl (C=O) groups excluding carboxylic acids is 2. The number of likely N-dealkylation sites (N-methyl/N-ethyl adjacent to an activating group) is 1. The second kappa shape index (κ2) is 12.3. The number of carbonyl (C=O) groups is 2. The number of anilines is 1. The van der Waals surface area contributed by atoms with Gasteiger partial charge in [0.1, 0.15) is 5.82 Å². The Morgan fingerprint density at radius 3 is 2.12 bits per heavy atom. The van der Waals surface area contributed by atoms with Gasteiger partial charge in [0.2, 0.25) is 5.91 Å². The minimum atomic E-state index is -5.08. The van der Waals surface area contributed by atoms with E-state index in [0.29, 0.717) is 54.0 Å². The fraction of sp³-hybridized carbons (Fsp3) is 0.417. The number of ether oxygens (including phenoxy) is 1. The van der Waals surface area contributed by atoms with Gasteiger partial charge in [-0.25, -0.2) is 4.39 Å². The number of aryl methyl sites for hydroxylation is 1. The number of alkyl halides is 6. The molecule has 2 aliphatic rings. The van der Waals surface area contributed by atoms with Crippen molar-refractivity contribution in [2.45, 2.75) is 71.1 Å². The summed E-state index contributed by atoms with van der Waals surface area (Å²) in [6, 6.07) is 7.00. The Hall–Kier alpha value is -4.22. The van der Waals surface area contributed by atoms with Crippen LogP contribution in [0.4, 0.5) is 36.4 Å². The first kappa shape index (κ1) is 35.1. The zero-order chi connectivity index (χ0) is 35.4. The third kappa shape index (κ3) is 6.71. The van der Waals surface area contributed by atoms with Crippen molar-refractivity contribution in [1.29, 1.82) is 0 Å². The monoisotopic (exact) mass is 676 g/mol. The number of halogens is 7. The number of benzene rings is 2. The minimum absolute atomic E-state index is 0.0217. The number of hydrogen-bond acceptors (Lipinski definition) is 4. The highest BCUT2D eigenvalue weighted by Crippen LogP contribution is 2.62. The number of hydrogen-bond donors (Lipinski definition) is 0. The number of nitrogens with zero attached hydrogens (tertiary/aromatic N) is 2. The van der Waals surface area contributed by atoms with Crippen molar-refractivity contribution in [2.24, 2.45) is 11.3 Å². The molecule has 12 heteroatoms. The summed E-state index contributed by atoms with van der Waals surface area (Å²) in [7, 11) is 1.37. The van der Waals surface area contributed by atoms with Crippen LogP contribution in [0.2, 0.25) is 0 Å². The Balaban J connectivity index is 1.53. The number of amides is 1. The van der Waals surface area contributed by atoms with E-state index in [0.717, 1.165) is 23.3 Å². The van der Waals surface area contributed by atoms with E-state index in [1.54, 1.807) is 19.9 Å². The Morgan fingerprint density at radius 2 is 1.58 bits per heavy atom. The Labute approximate surface area is 273 Å². The van der Waals surface area contributed by atoms with Gasteiger partial charge in [-0.3, -0.25) is 14.6 Å². The summed E-state index contributed by atoms with van der Waals surface area (Å²) in [5.74, 6) is -1.61. The molecule has 256 valence electrons. The molecule has 2 aromatic carbocycles. The fourth-order valence-electron chi connectivity index (χ4n) is 6.58. The molecule has 2 unspecified atom stereocenters. The van der Waals surface area contributed by atoms with E-state index in [1.807, 2.05) is 6.08 Å². The van der Waals surface area contributed by atoms with Gasteiger partial charge in [0.25, 0.3) is 0 Å². The number of allylic oxidation sites excluding steroid dienone is 2. The van der Waals surface area contributed by atoms with Crippen molar-refractivity contribution < 1.29 is 45.1 Å². The molecule has 0 saturated heterocycles. The maximum atomic E-state index is 14.1. The molecule has 0 bridgehead atoms. The lowest BCUT2D eigenvalue weighted by Crippen LogP contribution is -2.42. The van der Waals surface area contributed by atoms with E-state index in [2.05, 4.69) is 4.98 Å². The van der Waals surface area contributed by atoms with Gasteiger partial charge in [-0.2, -0.15) is 26.3 Å². The molecule has 1 aromatic heterocycles. The van der Waals surface area contributed by atoms with E-state index < -0.39 is 46.2 Å². The molecule has 0 N–H and O–H groups in total. The molecular weight excluding hydrogens is 641 g/mol. The Morgan fingerprint density at radius 1 is 0.958 bits per heavy atom. The summed E-state index contributed by atoms with van der Waals surface area (Å²) in [5.41, 5.74) is -2.19. The predicted octanol–water partition coefficient (Wildman–Crippen LogP) is 9.31. The average molecular weight is 677 g/mol. The van der Waals surface area contributed by atoms with Crippen LogP contribution in [0.15, 0.2) is 54.7 Å². The highest BCUT2D eigenvalue weighted by molar-refractivity contribution is 6.03. The Bertz CT molecular complexity index is 1760. The van der Waals surface area contributed by atoms with Crippen LogP contribution >= 0.6 is 0 Å². The molecule has 2 atom stereocenters. The molecule has 1 fully saturated rings. The van der Waals surface area contributed by atoms with Crippen LogP contribution in [0.3, 0.4) is 0 Å². The summed E-state index contributed by atoms with van der Waals surface area (Å²) in [6.45, 7) is 6.29. The van der Waals surface area contributed by atoms with Crippen molar-refractivity contribution in [3.63, 3.8) is 0 Å². The van der Waals surface area contributed by atoms with Crippen LogP contribution in [-0.4, -0.2) is 30.5 Å². The van der Waals surface area contributed by atoms with Crippen molar-refractivity contribution in [3.8, 4) is 11.1 Å². The van der Waals surface area contributed by atoms with E-state index in [-0.39, 0.29) is 29.1 Å². The highest BCUT2D eigenvalue weighted by atomic mass is 19.4. The van der Waals surface area contributed by atoms with Gasteiger partial charge in [0, 0.05) is 12.6 Å². The first-order chi connectivity index (χ1) is 22.3. The van der Waals surface area contributed by atoms with Crippen LogP contribution in [0.5, 0.6) is 0 Å². The van der Waals surface area contributed by atoms with Crippen molar-refractivity contribution in [1.82, 2.24) is 4.98 Å². The highest BCUT2D eigenvalue weighted by Gasteiger charge is 2.58. The fourth-order valence-corrected chi connectivity index (χ4v) is 6.58. The topological polar surface area (TPSA) is 59.5 Å². The van der Waals surface area contributed by atoms with E-state index in [9.17, 15) is 40.3 Å². The molecule has 1 saturated carbocycles. The first-order valence-corrected chi connectivity index (χ1v) is 15.5. The smallest absolute Gasteiger partial charge is 0.416 e. The molecule has 1 amide bonds. The number of pyridine rings is 1. The molecule has 3 aromatic rings. The van der Waals surface area contributed by atoms with Crippen LogP contribution in [0.1, 0.15) is 74.4 Å². The lowest BCUT2D eigenvalue weighted by atomic mass is 9.81. The standard InChI is InChI=1S/C36H35F7N2O3/c1-6-48-31(46)28-18-34(28)11-9-21(10-12-34)29-17-27(26-8-7-25(37)13-20(26)2)30(19-44-29)45(5)32(47)33(3,4)22-14-23(35(38,39)40)16-24(15-22)36(41,42)43/h7-9,13-17,19,28H,6,10-12,18H2,1-5H3. The minimum Gasteiger partial charge on any atom is -0.466 e. The van der Waals surface area contributed by atoms with Crippen LogP contribution in [0.25, 0.3) is 16.7 Å². The maximum Gasteiger partial charge on any atom is 0.416 e. The van der Waals surface area contributed by atoms with Gasteiger partial charge in [0.05, 0.1) is 46.6 Å². The Kier molecular flexibility index (Phi) is 9.03. The molecule has 1 heterocycles. The number of aromatic nitrogens is 1. The maximum absolute atomic E-state index is 14.1. The van der Waals surface area contributed by atoms with Crippen LogP contribution in [0, 0.1) is 24.1 Å². The summed E-state index contributed by atoms with van der Waals surface area (Å²) in [5, 5.41) is 0. The molecular formula is C36H35F7N2O3. The van der Waals surface area contributed by atoms with Gasteiger partial charge in [-0.15, -0.1) is 0 Å². The van der Waals surface area contributed by atoms with Crippen molar-refractivity contribution in [3.05, 3.63) is 88.5 Å². The van der Waals surface area contributed by atoms with Gasteiger partial charge in [-0.05, 0) is 117 Å². The molecule has 1 spiro atoms. The number of rotatable bonds is 7. The predicted molar refractivity (Wildman–Crippen MR) is 166 cm³/mol. The zero-order valence-electron chi connectivity index (χ0n) is 27.1. The van der Waals surface area contributed by atoms with E-state index in [1.165, 1.54) is 45.3 Å². The molecule has 2 aliphatic carbocycles. The van der Waals surface area contributed by atoms with Crippen molar-refractivity contribution in [2.75, 3.05) is 18.6 Å². The van der Waals surface area contributed by atoms with Crippen molar-refractivity contribution >= 4 is 23.1 Å². The molecule has 5 nitrogen and oxygen atoms in total. The normalized spacial score (nSPS) is 19.6. The van der Waals surface area contributed by atoms with Gasteiger partial charge < -0.3 is 9.64 Å². The SMILES string of the molecule is CCOC(=O)C1CC12CC=C(c1cc(-c3ccc(F)cc3C)c(N(C)C(=O)C(C)(C)c3cc(C(F)(F)F)cc(C(F)(F)F)c3)cn1)CC2. The average Bonchev–Trinajstić information content (AvgIpc) is 3.72. The van der Waals surface area contributed by atoms with E-state index in [4.69, 9.17) is 4.74 Å². The molecule has 48 heavy (non-hydrogen) atoms. The lowest BCUT2D eigenvalue weighted by molar-refractivity contribution is -0.146. The summed E-state index contributed by atoms with van der Waals surface area (Å²) in [4.78, 5) is 32.1. The van der Waals surface area contributed by atoms with Gasteiger partial charge >= 0.3 is 18.3 Å². The third-order valence-corrected chi connectivity index (χ3v) is 9.61. The lowest BCUT2D eigenvalue weighted by Gasteiger charge is -2.32. The second-order valence-electron chi connectivity index (χ2n) is 13.1. The summed E-state index contributed by atoms with van der Waals surface area (Å²) >= 11 is 0. The summed E-state index contributed by atoms with van der Waals surface area (Å²) in [6.07, 6.45) is -3.91. The van der Waals surface area contributed by atoms with Crippen LogP contribution < -0.4 is 4.90 Å². The molecule has 0 radical (unpaired) electrons. The molecule has 0 aliphatic heterocycles. The number of esters is 1. The van der Waals surface area contributed by atoms with Crippen LogP contribution in [-0.2, 0) is 32.1 Å². The zero-order valence-corrected chi connectivity index (χ0v) is 27.1. The van der Waals surface area contributed by atoms with E-state index >= 15 is 0 Å².